The van der Waals surface area contributed by atoms with Gasteiger partial charge >= 0.3 is 5.97 Å². The third-order valence-electron chi connectivity index (χ3n) is 3.91. The molecule has 0 unspecified atom stereocenters. The van der Waals surface area contributed by atoms with Crippen LogP contribution in [0.2, 0.25) is 0 Å². The third kappa shape index (κ3) is 4.38. The van der Waals surface area contributed by atoms with Crippen molar-refractivity contribution in [2.75, 3.05) is 6.61 Å². The van der Waals surface area contributed by atoms with Crippen molar-refractivity contribution in [2.24, 2.45) is 10.8 Å². The lowest BCUT2D eigenvalue weighted by Gasteiger charge is -2.26. The van der Waals surface area contributed by atoms with Crippen molar-refractivity contribution in [1.29, 1.82) is 5.26 Å². The van der Waals surface area contributed by atoms with Crippen molar-refractivity contribution < 1.29 is 9.53 Å². The number of esters is 1. The minimum Gasteiger partial charge on any atom is -0.465 e. The molecular formula is C16H25NO2. The highest BCUT2D eigenvalue weighted by molar-refractivity contribution is 5.75. The SMILES string of the molecule is CC(C)(C)C(=O)OCCC[C@@]1(C)CCC/C1=C\C#N. The van der Waals surface area contributed by atoms with E-state index in [9.17, 15) is 4.79 Å². The van der Waals surface area contributed by atoms with Gasteiger partial charge in [-0.05, 0) is 58.3 Å². The van der Waals surface area contributed by atoms with E-state index < -0.39 is 5.41 Å². The summed E-state index contributed by atoms with van der Waals surface area (Å²) in [5, 5.41) is 8.80. The van der Waals surface area contributed by atoms with Crippen LogP contribution in [0.5, 0.6) is 0 Å². The minimum absolute atomic E-state index is 0.129. The number of nitrogens with zero attached hydrogens (tertiary/aromatic N) is 1. The first kappa shape index (κ1) is 15.8. The second-order valence-corrected chi connectivity index (χ2v) is 6.70. The molecule has 1 aliphatic rings. The summed E-state index contributed by atoms with van der Waals surface area (Å²) < 4.78 is 5.28. The molecule has 3 heteroatoms. The molecule has 0 amide bonds. The van der Waals surface area contributed by atoms with Gasteiger partial charge in [-0.3, -0.25) is 4.79 Å². The lowest BCUT2D eigenvalue weighted by Crippen LogP contribution is -2.24. The van der Waals surface area contributed by atoms with Gasteiger partial charge in [-0.25, -0.2) is 0 Å². The molecule has 106 valence electrons. The van der Waals surface area contributed by atoms with Gasteiger partial charge in [0.15, 0.2) is 0 Å². The lowest BCUT2D eigenvalue weighted by atomic mass is 9.80. The van der Waals surface area contributed by atoms with Gasteiger partial charge in [0.05, 0.1) is 18.1 Å². The van der Waals surface area contributed by atoms with Gasteiger partial charge in [-0.2, -0.15) is 5.26 Å². The summed E-state index contributed by atoms with van der Waals surface area (Å²) in [4.78, 5) is 11.6. The number of hydrogen-bond acceptors (Lipinski definition) is 3. The molecule has 0 spiro atoms. The highest BCUT2D eigenvalue weighted by Crippen LogP contribution is 2.45. The summed E-state index contributed by atoms with van der Waals surface area (Å²) >= 11 is 0. The van der Waals surface area contributed by atoms with Crippen LogP contribution >= 0.6 is 0 Å². The first-order valence-electron chi connectivity index (χ1n) is 7.06. The number of carbonyl (C=O) groups is 1. The van der Waals surface area contributed by atoms with Gasteiger partial charge in [0.2, 0.25) is 0 Å². The Bertz CT molecular complexity index is 398. The smallest absolute Gasteiger partial charge is 0.311 e. The topological polar surface area (TPSA) is 50.1 Å². The largest absolute Gasteiger partial charge is 0.465 e. The van der Waals surface area contributed by atoms with Crippen LogP contribution in [-0.2, 0) is 9.53 Å². The monoisotopic (exact) mass is 263 g/mol. The van der Waals surface area contributed by atoms with E-state index in [0.29, 0.717) is 6.61 Å². The van der Waals surface area contributed by atoms with E-state index in [1.165, 1.54) is 5.57 Å². The molecule has 3 nitrogen and oxygen atoms in total. The Morgan fingerprint density at radius 1 is 1.53 bits per heavy atom. The fourth-order valence-electron chi connectivity index (χ4n) is 2.58. The van der Waals surface area contributed by atoms with E-state index in [-0.39, 0.29) is 11.4 Å². The summed E-state index contributed by atoms with van der Waals surface area (Å²) in [6.45, 7) is 8.28. The normalized spacial score (nSPS) is 25.3. The Hall–Kier alpha value is -1.30. The van der Waals surface area contributed by atoms with Crippen molar-refractivity contribution in [1.82, 2.24) is 0 Å². The molecule has 1 atom stereocenters. The Morgan fingerprint density at radius 2 is 2.21 bits per heavy atom. The molecule has 0 bridgehead atoms. The Balaban J connectivity index is 2.39. The Kier molecular flexibility index (Phi) is 5.17. The standard InChI is InChI=1S/C16H25NO2/c1-15(2,3)14(18)19-12-6-10-16(4)9-5-7-13(16)8-11-17/h8H,5-7,9-10,12H2,1-4H3/b13-8+/t16-/m1/s1. The number of hydrogen-bond donors (Lipinski definition) is 0. The zero-order valence-electron chi connectivity index (χ0n) is 12.6. The molecule has 0 radical (unpaired) electrons. The molecular weight excluding hydrogens is 238 g/mol. The maximum Gasteiger partial charge on any atom is 0.311 e. The predicted octanol–water partition coefficient (Wildman–Crippen LogP) is 4.00. The van der Waals surface area contributed by atoms with Gasteiger partial charge in [0.1, 0.15) is 0 Å². The van der Waals surface area contributed by atoms with Gasteiger partial charge in [0, 0.05) is 6.08 Å². The first-order valence-corrected chi connectivity index (χ1v) is 7.06. The summed E-state index contributed by atoms with van der Waals surface area (Å²) in [5.41, 5.74) is 0.963. The first-order chi connectivity index (χ1) is 8.79. The lowest BCUT2D eigenvalue weighted by molar-refractivity contribution is -0.153. The second kappa shape index (κ2) is 6.23. The maximum atomic E-state index is 11.6. The Labute approximate surface area is 116 Å². The number of allylic oxidation sites excluding steroid dienone is 2. The molecule has 0 N–H and O–H groups in total. The van der Waals surface area contributed by atoms with Gasteiger partial charge < -0.3 is 4.74 Å². The highest BCUT2D eigenvalue weighted by atomic mass is 16.5. The molecule has 1 saturated carbocycles. The quantitative estimate of drug-likeness (QED) is 0.437. The van der Waals surface area contributed by atoms with Gasteiger partial charge in [0.25, 0.3) is 0 Å². The summed E-state index contributed by atoms with van der Waals surface area (Å²) in [6.07, 6.45) is 6.87. The predicted molar refractivity (Wildman–Crippen MR) is 75.3 cm³/mol. The fraction of sp³-hybridized carbons (Fsp3) is 0.750. The van der Waals surface area contributed by atoms with E-state index in [4.69, 9.17) is 10.00 Å². The van der Waals surface area contributed by atoms with E-state index in [1.54, 1.807) is 6.08 Å². The molecule has 0 aromatic rings. The molecule has 0 aromatic heterocycles. The van der Waals surface area contributed by atoms with Gasteiger partial charge in [-0.15, -0.1) is 0 Å². The number of carbonyl (C=O) groups excluding carboxylic acids is 1. The van der Waals surface area contributed by atoms with Crippen molar-refractivity contribution in [2.45, 2.75) is 59.8 Å². The van der Waals surface area contributed by atoms with Crippen LogP contribution < -0.4 is 0 Å². The summed E-state index contributed by atoms with van der Waals surface area (Å²) in [7, 11) is 0. The van der Waals surface area contributed by atoms with E-state index in [0.717, 1.165) is 32.1 Å². The zero-order valence-corrected chi connectivity index (χ0v) is 12.6. The molecule has 19 heavy (non-hydrogen) atoms. The number of ether oxygens (including phenoxy) is 1. The second-order valence-electron chi connectivity index (χ2n) is 6.70. The molecule has 0 saturated heterocycles. The Morgan fingerprint density at radius 3 is 2.79 bits per heavy atom. The molecule has 0 aromatic carbocycles. The van der Waals surface area contributed by atoms with Crippen LogP contribution in [-0.4, -0.2) is 12.6 Å². The highest BCUT2D eigenvalue weighted by Gasteiger charge is 2.33. The molecule has 0 heterocycles. The van der Waals surface area contributed by atoms with E-state index in [2.05, 4.69) is 13.0 Å². The van der Waals surface area contributed by atoms with Crippen LogP contribution in [0.1, 0.15) is 59.8 Å². The maximum absolute atomic E-state index is 11.6. The van der Waals surface area contributed by atoms with Gasteiger partial charge in [-0.1, -0.05) is 12.5 Å². The van der Waals surface area contributed by atoms with Crippen LogP contribution in [0.15, 0.2) is 11.6 Å². The summed E-state index contributed by atoms with van der Waals surface area (Å²) in [5.74, 6) is -0.142. The third-order valence-corrected chi connectivity index (χ3v) is 3.91. The van der Waals surface area contributed by atoms with E-state index in [1.807, 2.05) is 20.8 Å². The van der Waals surface area contributed by atoms with Crippen molar-refractivity contribution >= 4 is 5.97 Å². The molecule has 0 aliphatic heterocycles. The van der Waals surface area contributed by atoms with Crippen LogP contribution in [0, 0.1) is 22.2 Å². The molecule has 1 rings (SSSR count). The zero-order chi connectivity index (χ0) is 14.5. The average Bonchev–Trinajstić information content (AvgIpc) is 2.66. The number of nitriles is 1. The van der Waals surface area contributed by atoms with Crippen molar-refractivity contribution in [3.05, 3.63) is 11.6 Å². The minimum atomic E-state index is -0.427. The fourth-order valence-corrected chi connectivity index (χ4v) is 2.58. The average molecular weight is 263 g/mol. The number of rotatable bonds is 4. The van der Waals surface area contributed by atoms with Crippen LogP contribution in [0.25, 0.3) is 0 Å². The molecule has 1 aliphatic carbocycles. The van der Waals surface area contributed by atoms with Crippen LogP contribution in [0.3, 0.4) is 0 Å². The van der Waals surface area contributed by atoms with Crippen molar-refractivity contribution in [3.63, 3.8) is 0 Å². The molecule has 1 fully saturated rings. The van der Waals surface area contributed by atoms with Crippen LogP contribution in [0.4, 0.5) is 0 Å². The summed E-state index contributed by atoms with van der Waals surface area (Å²) in [6, 6.07) is 2.15. The van der Waals surface area contributed by atoms with E-state index >= 15 is 0 Å². The van der Waals surface area contributed by atoms with Crippen molar-refractivity contribution in [3.8, 4) is 6.07 Å².